The number of methoxy groups -OCH3 is 1. The van der Waals surface area contributed by atoms with Crippen molar-refractivity contribution in [2.75, 3.05) is 7.11 Å². The van der Waals surface area contributed by atoms with Crippen molar-refractivity contribution >= 4 is 23.6 Å². The predicted octanol–water partition coefficient (Wildman–Crippen LogP) is 2.87. The number of hydrogen-bond acceptors (Lipinski definition) is 5. The van der Waals surface area contributed by atoms with E-state index in [0.29, 0.717) is 0 Å². The molecule has 1 aromatic rings. The first-order valence-electron chi connectivity index (χ1n) is 7.59. The number of esters is 1. The molecule has 0 radical (unpaired) electrons. The molecule has 0 saturated heterocycles. The van der Waals surface area contributed by atoms with Crippen LogP contribution in [0.25, 0.3) is 6.08 Å². The Bertz CT molecular complexity index is 725. The molecular formula is C19H20O5. The second kappa shape index (κ2) is 6.83. The molecule has 0 bridgehead atoms. The zero-order valence-corrected chi connectivity index (χ0v) is 13.9. The Labute approximate surface area is 140 Å². The number of ketones is 2. The van der Waals surface area contributed by atoms with Crippen molar-refractivity contribution in [1.29, 1.82) is 0 Å². The number of rotatable bonds is 3. The van der Waals surface area contributed by atoms with Crippen LogP contribution in [0.3, 0.4) is 0 Å². The van der Waals surface area contributed by atoms with Gasteiger partial charge >= 0.3 is 5.97 Å². The standard InChI is InChI=1S/C19H20O5/c1-19(2)11-14(21)15(17(22)16(19)18(23)24-3)13(20)10-9-12-7-5-4-6-8-12/h4-10,16,20H,11H2,1-3H3/b10-9+,15-13?/t16-/m1/s1. The molecule has 0 unspecified atom stereocenters. The van der Waals surface area contributed by atoms with Crippen LogP contribution in [0.4, 0.5) is 0 Å². The van der Waals surface area contributed by atoms with Crippen LogP contribution < -0.4 is 0 Å². The van der Waals surface area contributed by atoms with Crippen LogP contribution in [0.5, 0.6) is 0 Å². The third-order valence-electron chi connectivity index (χ3n) is 4.11. The Morgan fingerprint density at radius 1 is 1.25 bits per heavy atom. The number of carbonyl (C=O) groups excluding carboxylic acids is 3. The second-order valence-corrected chi connectivity index (χ2v) is 6.41. The van der Waals surface area contributed by atoms with Crippen LogP contribution in [0.2, 0.25) is 0 Å². The Morgan fingerprint density at radius 2 is 1.88 bits per heavy atom. The molecule has 5 heteroatoms. The molecule has 24 heavy (non-hydrogen) atoms. The highest BCUT2D eigenvalue weighted by molar-refractivity contribution is 6.27. The largest absolute Gasteiger partial charge is 0.507 e. The van der Waals surface area contributed by atoms with E-state index in [0.717, 1.165) is 5.56 Å². The van der Waals surface area contributed by atoms with Gasteiger partial charge in [-0.05, 0) is 17.1 Å². The van der Waals surface area contributed by atoms with Crippen LogP contribution >= 0.6 is 0 Å². The van der Waals surface area contributed by atoms with E-state index in [1.807, 2.05) is 30.3 Å². The number of carbonyl (C=O) groups is 3. The summed E-state index contributed by atoms with van der Waals surface area (Å²) in [6, 6.07) is 9.15. The van der Waals surface area contributed by atoms with Crippen molar-refractivity contribution in [1.82, 2.24) is 0 Å². The predicted molar refractivity (Wildman–Crippen MR) is 89.0 cm³/mol. The normalized spacial score (nSPS) is 22.5. The molecule has 0 amide bonds. The maximum absolute atomic E-state index is 12.6. The lowest BCUT2D eigenvalue weighted by atomic mass is 9.65. The number of Topliss-reactive ketones (excluding diaryl/α,β-unsaturated/α-hetero) is 2. The van der Waals surface area contributed by atoms with E-state index >= 15 is 0 Å². The fraction of sp³-hybridized carbons (Fsp3) is 0.316. The highest BCUT2D eigenvalue weighted by Crippen LogP contribution is 2.40. The molecule has 0 heterocycles. The van der Waals surface area contributed by atoms with E-state index in [1.54, 1.807) is 19.9 Å². The van der Waals surface area contributed by atoms with E-state index in [4.69, 9.17) is 4.74 Å². The van der Waals surface area contributed by atoms with E-state index < -0.39 is 34.6 Å². The van der Waals surface area contributed by atoms with Gasteiger partial charge in [-0.2, -0.15) is 0 Å². The molecule has 1 N–H and O–H groups in total. The van der Waals surface area contributed by atoms with Crippen LogP contribution in [-0.4, -0.2) is 29.8 Å². The first kappa shape index (κ1) is 17.7. The van der Waals surface area contributed by atoms with Gasteiger partial charge in [0.25, 0.3) is 0 Å². The Kier molecular flexibility index (Phi) is 5.02. The van der Waals surface area contributed by atoms with Gasteiger partial charge in [0.05, 0.1) is 7.11 Å². The molecule has 5 nitrogen and oxygen atoms in total. The number of allylic oxidation sites excluding steroid dienone is 2. The summed E-state index contributed by atoms with van der Waals surface area (Å²) in [5.74, 6) is -3.41. The molecule has 1 aromatic carbocycles. The minimum absolute atomic E-state index is 0.0168. The topological polar surface area (TPSA) is 80.7 Å². The average molecular weight is 328 g/mol. The number of aliphatic hydroxyl groups excluding tert-OH is 1. The van der Waals surface area contributed by atoms with Gasteiger partial charge in [0.15, 0.2) is 11.6 Å². The molecule has 1 atom stereocenters. The van der Waals surface area contributed by atoms with Crippen molar-refractivity contribution in [2.45, 2.75) is 20.3 Å². The third-order valence-corrected chi connectivity index (χ3v) is 4.11. The highest BCUT2D eigenvalue weighted by Gasteiger charge is 2.50. The second-order valence-electron chi connectivity index (χ2n) is 6.41. The molecular weight excluding hydrogens is 308 g/mol. The Morgan fingerprint density at radius 3 is 2.46 bits per heavy atom. The zero-order valence-electron chi connectivity index (χ0n) is 13.9. The maximum Gasteiger partial charge on any atom is 0.317 e. The van der Waals surface area contributed by atoms with E-state index in [2.05, 4.69) is 0 Å². The van der Waals surface area contributed by atoms with Gasteiger partial charge in [-0.1, -0.05) is 50.3 Å². The van der Waals surface area contributed by atoms with E-state index in [9.17, 15) is 19.5 Å². The van der Waals surface area contributed by atoms with Gasteiger partial charge in [-0.25, -0.2) is 0 Å². The number of benzene rings is 1. The van der Waals surface area contributed by atoms with Gasteiger partial charge < -0.3 is 9.84 Å². The summed E-state index contributed by atoms with van der Waals surface area (Å²) in [5, 5.41) is 10.2. The quantitative estimate of drug-likeness (QED) is 0.303. The molecule has 0 aromatic heterocycles. The molecule has 2 rings (SSSR count). The smallest absolute Gasteiger partial charge is 0.317 e. The minimum Gasteiger partial charge on any atom is -0.507 e. The van der Waals surface area contributed by atoms with Crippen molar-refractivity contribution < 1.29 is 24.2 Å². The summed E-state index contributed by atoms with van der Waals surface area (Å²) in [5.41, 5.74) is -0.379. The lowest BCUT2D eigenvalue weighted by Gasteiger charge is -2.35. The number of aliphatic hydroxyl groups is 1. The fourth-order valence-electron chi connectivity index (χ4n) is 2.88. The summed E-state index contributed by atoms with van der Waals surface area (Å²) in [7, 11) is 1.20. The SMILES string of the molecule is COC(=O)[C@H]1C(=O)C(=C(O)/C=C/c2ccccc2)C(=O)CC1(C)C. The molecule has 1 saturated carbocycles. The van der Waals surface area contributed by atoms with Crippen LogP contribution in [0, 0.1) is 11.3 Å². The molecule has 1 fully saturated rings. The summed E-state index contributed by atoms with van der Waals surface area (Å²) < 4.78 is 4.70. The molecule has 1 aliphatic rings. The van der Waals surface area contributed by atoms with Crippen molar-refractivity contribution in [3.05, 3.63) is 53.3 Å². The molecule has 126 valence electrons. The van der Waals surface area contributed by atoms with Gasteiger partial charge in [0.1, 0.15) is 17.3 Å². The summed E-state index contributed by atoms with van der Waals surface area (Å²) in [6.07, 6.45) is 2.87. The van der Waals surface area contributed by atoms with Crippen molar-refractivity contribution in [3.63, 3.8) is 0 Å². The minimum atomic E-state index is -1.11. The third kappa shape index (κ3) is 3.45. The van der Waals surface area contributed by atoms with Crippen LogP contribution in [0.15, 0.2) is 47.7 Å². The Hall–Kier alpha value is -2.69. The van der Waals surface area contributed by atoms with Crippen molar-refractivity contribution in [2.24, 2.45) is 11.3 Å². The number of ether oxygens (including phenoxy) is 1. The monoisotopic (exact) mass is 328 g/mol. The van der Waals surface area contributed by atoms with Crippen LogP contribution in [0.1, 0.15) is 25.8 Å². The summed E-state index contributed by atoms with van der Waals surface area (Å²) >= 11 is 0. The van der Waals surface area contributed by atoms with Gasteiger partial charge in [0, 0.05) is 6.42 Å². The van der Waals surface area contributed by atoms with Crippen LogP contribution in [-0.2, 0) is 19.1 Å². The molecule has 0 spiro atoms. The summed E-state index contributed by atoms with van der Waals surface area (Å²) in [6.45, 7) is 3.33. The highest BCUT2D eigenvalue weighted by atomic mass is 16.5. The molecule has 0 aliphatic heterocycles. The lowest BCUT2D eigenvalue weighted by Crippen LogP contribution is -2.46. The fourth-order valence-corrected chi connectivity index (χ4v) is 2.88. The molecule has 1 aliphatic carbocycles. The van der Waals surface area contributed by atoms with Crippen molar-refractivity contribution in [3.8, 4) is 0 Å². The zero-order chi connectivity index (χ0) is 17.9. The van der Waals surface area contributed by atoms with Gasteiger partial charge in [0.2, 0.25) is 0 Å². The van der Waals surface area contributed by atoms with E-state index in [-0.39, 0.29) is 12.0 Å². The van der Waals surface area contributed by atoms with E-state index in [1.165, 1.54) is 13.2 Å². The number of hydrogen-bond donors (Lipinski definition) is 1. The maximum atomic E-state index is 12.6. The van der Waals surface area contributed by atoms with Gasteiger partial charge in [-0.3, -0.25) is 14.4 Å². The lowest BCUT2D eigenvalue weighted by molar-refractivity contribution is -0.155. The van der Waals surface area contributed by atoms with Gasteiger partial charge in [-0.15, -0.1) is 0 Å². The Balaban J connectivity index is 2.40. The first-order chi connectivity index (χ1) is 11.3. The first-order valence-corrected chi connectivity index (χ1v) is 7.59. The summed E-state index contributed by atoms with van der Waals surface area (Å²) in [4.78, 5) is 36.9. The average Bonchev–Trinajstić information content (AvgIpc) is 2.52.